The van der Waals surface area contributed by atoms with E-state index in [2.05, 4.69) is 17.4 Å². The fourth-order valence-electron chi connectivity index (χ4n) is 2.24. The third-order valence-electron chi connectivity index (χ3n) is 3.27. The van der Waals surface area contributed by atoms with Crippen molar-refractivity contribution < 1.29 is 4.79 Å². The van der Waals surface area contributed by atoms with Crippen molar-refractivity contribution in [1.29, 1.82) is 0 Å². The third kappa shape index (κ3) is 2.50. The number of nitrogens with one attached hydrogen (secondary N) is 1. The SMILES string of the molecule is CCC(=O)c1ccc(C2CCCCN2)cc1. The van der Waals surface area contributed by atoms with E-state index in [1.807, 2.05) is 19.1 Å². The van der Waals surface area contributed by atoms with Gasteiger partial charge < -0.3 is 5.32 Å². The van der Waals surface area contributed by atoms with Crippen LogP contribution in [0.3, 0.4) is 0 Å². The van der Waals surface area contributed by atoms with Crippen LogP contribution in [0.4, 0.5) is 0 Å². The molecule has 0 aliphatic carbocycles. The van der Waals surface area contributed by atoms with Gasteiger partial charge in [0.15, 0.2) is 5.78 Å². The molecule has 0 amide bonds. The van der Waals surface area contributed by atoms with Crippen LogP contribution >= 0.6 is 0 Å². The van der Waals surface area contributed by atoms with Crippen molar-refractivity contribution in [3.05, 3.63) is 35.4 Å². The highest BCUT2D eigenvalue weighted by molar-refractivity contribution is 5.95. The minimum absolute atomic E-state index is 0.225. The Hall–Kier alpha value is -1.15. The van der Waals surface area contributed by atoms with Gasteiger partial charge in [0.25, 0.3) is 0 Å². The highest BCUT2D eigenvalue weighted by Gasteiger charge is 2.14. The summed E-state index contributed by atoms with van der Waals surface area (Å²) < 4.78 is 0. The maximum atomic E-state index is 11.5. The Bertz CT molecular complexity index is 350. The van der Waals surface area contributed by atoms with Gasteiger partial charge in [0.1, 0.15) is 0 Å². The summed E-state index contributed by atoms with van der Waals surface area (Å²) in [4.78, 5) is 11.5. The zero-order valence-electron chi connectivity index (χ0n) is 9.83. The number of piperidine rings is 1. The standard InChI is InChI=1S/C14H19NO/c1-2-14(16)12-8-6-11(7-9-12)13-5-3-4-10-15-13/h6-9,13,15H,2-5,10H2,1H3. The predicted octanol–water partition coefficient (Wildman–Crippen LogP) is 3.09. The monoisotopic (exact) mass is 217 g/mol. The molecule has 1 aliphatic rings. The summed E-state index contributed by atoms with van der Waals surface area (Å²) in [6.07, 6.45) is 4.37. The number of hydrogen-bond donors (Lipinski definition) is 1. The average Bonchev–Trinajstić information content (AvgIpc) is 2.39. The smallest absolute Gasteiger partial charge is 0.162 e. The van der Waals surface area contributed by atoms with E-state index in [-0.39, 0.29) is 5.78 Å². The van der Waals surface area contributed by atoms with Gasteiger partial charge in [-0.25, -0.2) is 0 Å². The maximum absolute atomic E-state index is 11.5. The number of carbonyl (C=O) groups excluding carboxylic acids is 1. The summed E-state index contributed by atoms with van der Waals surface area (Å²) in [5.74, 6) is 0.225. The van der Waals surface area contributed by atoms with E-state index in [4.69, 9.17) is 0 Å². The van der Waals surface area contributed by atoms with Gasteiger partial charge in [0, 0.05) is 18.0 Å². The van der Waals surface area contributed by atoms with Gasteiger partial charge in [0.2, 0.25) is 0 Å². The molecule has 1 aromatic carbocycles. The summed E-state index contributed by atoms with van der Waals surface area (Å²) in [5.41, 5.74) is 2.15. The number of Topliss-reactive ketones (excluding diaryl/α,β-unsaturated/α-hetero) is 1. The van der Waals surface area contributed by atoms with Gasteiger partial charge in [-0.1, -0.05) is 37.6 Å². The molecule has 0 bridgehead atoms. The second kappa shape index (κ2) is 5.26. The van der Waals surface area contributed by atoms with Crippen molar-refractivity contribution in [2.24, 2.45) is 0 Å². The molecule has 2 nitrogen and oxygen atoms in total. The van der Waals surface area contributed by atoms with Gasteiger partial charge >= 0.3 is 0 Å². The first-order chi connectivity index (χ1) is 7.81. The Morgan fingerprint density at radius 1 is 1.31 bits per heavy atom. The van der Waals surface area contributed by atoms with Crippen molar-refractivity contribution in [3.63, 3.8) is 0 Å². The molecule has 1 fully saturated rings. The summed E-state index contributed by atoms with van der Waals surface area (Å²) in [6.45, 7) is 3.01. The number of ketones is 1. The molecule has 1 N–H and O–H groups in total. The Morgan fingerprint density at radius 3 is 2.62 bits per heavy atom. The van der Waals surface area contributed by atoms with Crippen molar-refractivity contribution >= 4 is 5.78 Å². The first kappa shape index (κ1) is 11.3. The first-order valence-corrected chi connectivity index (χ1v) is 6.18. The average molecular weight is 217 g/mol. The first-order valence-electron chi connectivity index (χ1n) is 6.18. The number of carbonyl (C=O) groups is 1. The van der Waals surface area contributed by atoms with Crippen LogP contribution in [0.2, 0.25) is 0 Å². The van der Waals surface area contributed by atoms with E-state index in [1.54, 1.807) is 0 Å². The molecule has 0 spiro atoms. The molecule has 2 rings (SSSR count). The van der Waals surface area contributed by atoms with E-state index in [0.717, 1.165) is 12.1 Å². The highest BCUT2D eigenvalue weighted by Crippen LogP contribution is 2.23. The maximum Gasteiger partial charge on any atom is 0.162 e. The van der Waals surface area contributed by atoms with Crippen LogP contribution in [0, 0.1) is 0 Å². The van der Waals surface area contributed by atoms with E-state index in [1.165, 1.54) is 24.8 Å². The summed E-state index contributed by atoms with van der Waals surface area (Å²) in [6, 6.07) is 8.58. The van der Waals surface area contributed by atoms with Crippen molar-refractivity contribution in [2.75, 3.05) is 6.54 Å². The van der Waals surface area contributed by atoms with Crippen LogP contribution in [-0.4, -0.2) is 12.3 Å². The van der Waals surface area contributed by atoms with Gasteiger partial charge in [-0.05, 0) is 24.9 Å². The molecule has 1 atom stereocenters. The molecular formula is C14H19NO. The predicted molar refractivity (Wildman–Crippen MR) is 65.7 cm³/mol. The van der Waals surface area contributed by atoms with Crippen LogP contribution < -0.4 is 5.32 Å². The topological polar surface area (TPSA) is 29.1 Å². The van der Waals surface area contributed by atoms with Crippen LogP contribution in [0.25, 0.3) is 0 Å². The number of benzene rings is 1. The second-order valence-corrected chi connectivity index (χ2v) is 4.40. The van der Waals surface area contributed by atoms with Gasteiger partial charge in [-0.3, -0.25) is 4.79 Å². The fourth-order valence-corrected chi connectivity index (χ4v) is 2.24. The minimum atomic E-state index is 0.225. The van der Waals surface area contributed by atoms with Gasteiger partial charge in [-0.2, -0.15) is 0 Å². The molecule has 1 heterocycles. The molecule has 1 unspecified atom stereocenters. The zero-order chi connectivity index (χ0) is 11.4. The van der Waals surface area contributed by atoms with Gasteiger partial charge in [0.05, 0.1) is 0 Å². The lowest BCUT2D eigenvalue weighted by Crippen LogP contribution is -2.26. The van der Waals surface area contributed by atoms with E-state index in [0.29, 0.717) is 12.5 Å². The summed E-state index contributed by atoms with van der Waals surface area (Å²) in [7, 11) is 0. The zero-order valence-corrected chi connectivity index (χ0v) is 9.83. The molecule has 1 aromatic rings. The highest BCUT2D eigenvalue weighted by atomic mass is 16.1. The molecule has 0 radical (unpaired) electrons. The lowest BCUT2D eigenvalue weighted by atomic mass is 9.96. The fraction of sp³-hybridized carbons (Fsp3) is 0.500. The van der Waals surface area contributed by atoms with Crippen molar-refractivity contribution in [3.8, 4) is 0 Å². The molecule has 0 aromatic heterocycles. The van der Waals surface area contributed by atoms with Crippen LogP contribution in [0.1, 0.15) is 54.6 Å². The Morgan fingerprint density at radius 2 is 2.06 bits per heavy atom. The Labute approximate surface area is 97.1 Å². The van der Waals surface area contributed by atoms with Gasteiger partial charge in [-0.15, -0.1) is 0 Å². The molecule has 0 saturated carbocycles. The van der Waals surface area contributed by atoms with E-state index >= 15 is 0 Å². The quantitative estimate of drug-likeness (QED) is 0.788. The van der Waals surface area contributed by atoms with Crippen molar-refractivity contribution in [2.45, 2.75) is 38.6 Å². The Balaban J connectivity index is 2.09. The van der Waals surface area contributed by atoms with Crippen LogP contribution in [0.5, 0.6) is 0 Å². The molecule has 1 aliphatic heterocycles. The number of hydrogen-bond acceptors (Lipinski definition) is 2. The third-order valence-corrected chi connectivity index (χ3v) is 3.27. The molecule has 2 heteroatoms. The van der Waals surface area contributed by atoms with E-state index < -0.39 is 0 Å². The van der Waals surface area contributed by atoms with E-state index in [9.17, 15) is 4.79 Å². The lowest BCUT2D eigenvalue weighted by molar-refractivity contribution is 0.0988. The largest absolute Gasteiger partial charge is 0.310 e. The molecule has 86 valence electrons. The lowest BCUT2D eigenvalue weighted by Gasteiger charge is -2.23. The van der Waals surface area contributed by atoms with Crippen LogP contribution in [0.15, 0.2) is 24.3 Å². The molecule has 16 heavy (non-hydrogen) atoms. The summed E-state index contributed by atoms with van der Waals surface area (Å²) in [5, 5.41) is 3.51. The minimum Gasteiger partial charge on any atom is -0.310 e. The Kier molecular flexibility index (Phi) is 3.73. The number of rotatable bonds is 3. The van der Waals surface area contributed by atoms with Crippen LogP contribution in [-0.2, 0) is 0 Å². The molecular weight excluding hydrogens is 198 g/mol. The van der Waals surface area contributed by atoms with Crippen molar-refractivity contribution in [1.82, 2.24) is 5.32 Å². The molecule has 1 saturated heterocycles. The second-order valence-electron chi connectivity index (χ2n) is 4.40. The normalized spacial score (nSPS) is 20.7. The summed E-state index contributed by atoms with van der Waals surface area (Å²) >= 11 is 0.